The Morgan fingerprint density at radius 1 is 1.27 bits per heavy atom. The number of aliphatic hydroxyl groups is 1. The molecule has 2 N–H and O–H groups in total. The van der Waals surface area contributed by atoms with Crippen LogP contribution in [0.5, 0.6) is 0 Å². The smallest absolute Gasteiger partial charge is 0.226 e. The van der Waals surface area contributed by atoms with Crippen LogP contribution in [-0.4, -0.2) is 48.3 Å². The maximum Gasteiger partial charge on any atom is 0.226 e. The summed E-state index contributed by atoms with van der Waals surface area (Å²) in [4.78, 5) is 14.2. The number of carbonyl (C=O) groups is 1. The molecular formula is C17H26N2O3. The van der Waals surface area contributed by atoms with Gasteiger partial charge in [0.1, 0.15) is 0 Å². The number of hydrogen-bond donors (Lipinski definition) is 2. The normalized spacial score (nSPS) is 17.5. The summed E-state index contributed by atoms with van der Waals surface area (Å²) < 4.78 is 5.34. The summed E-state index contributed by atoms with van der Waals surface area (Å²) in [5.74, 6) is -0.0659. The van der Waals surface area contributed by atoms with Gasteiger partial charge in [0.25, 0.3) is 0 Å². The Labute approximate surface area is 132 Å². The van der Waals surface area contributed by atoms with Crippen molar-refractivity contribution < 1.29 is 14.6 Å². The molecule has 122 valence electrons. The van der Waals surface area contributed by atoms with Crippen molar-refractivity contribution in [2.45, 2.75) is 32.9 Å². The van der Waals surface area contributed by atoms with Crippen LogP contribution in [-0.2, 0) is 16.1 Å². The van der Waals surface area contributed by atoms with Crippen molar-refractivity contribution in [1.82, 2.24) is 4.90 Å². The highest BCUT2D eigenvalue weighted by atomic mass is 16.5. The summed E-state index contributed by atoms with van der Waals surface area (Å²) in [6, 6.07) is 7.89. The van der Waals surface area contributed by atoms with Crippen molar-refractivity contribution in [3.8, 4) is 0 Å². The SMILES string of the molecule is CC(C)C(O)CC(=O)Nc1ccc(CN2CCOCC2)cc1. The predicted molar refractivity (Wildman–Crippen MR) is 86.6 cm³/mol. The number of hydrogen-bond acceptors (Lipinski definition) is 4. The van der Waals surface area contributed by atoms with E-state index in [1.165, 1.54) is 5.56 Å². The fraction of sp³-hybridized carbons (Fsp3) is 0.588. The molecule has 1 aliphatic heterocycles. The summed E-state index contributed by atoms with van der Waals surface area (Å²) in [6.07, 6.45) is -0.465. The Morgan fingerprint density at radius 2 is 1.91 bits per heavy atom. The lowest BCUT2D eigenvalue weighted by molar-refractivity contribution is -0.118. The van der Waals surface area contributed by atoms with Gasteiger partial charge < -0.3 is 15.2 Å². The van der Waals surface area contributed by atoms with Crippen LogP contribution in [0.1, 0.15) is 25.8 Å². The quantitative estimate of drug-likeness (QED) is 0.842. The average Bonchev–Trinajstić information content (AvgIpc) is 2.50. The van der Waals surface area contributed by atoms with Gasteiger partial charge in [-0.3, -0.25) is 9.69 Å². The minimum atomic E-state index is -0.597. The number of morpholine rings is 1. The van der Waals surface area contributed by atoms with Crippen LogP contribution >= 0.6 is 0 Å². The Kier molecular flexibility index (Phi) is 6.36. The van der Waals surface area contributed by atoms with Crippen molar-refractivity contribution in [3.63, 3.8) is 0 Å². The van der Waals surface area contributed by atoms with Gasteiger partial charge in [-0.2, -0.15) is 0 Å². The first kappa shape index (κ1) is 16.9. The van der Waals surface area contributed by atoms with Crippen LogP contribution in [0.3, 0.4) is 0 Å². The standard InChI is InChI=1S/C17H26N2O3/c1-13(2)16(20)11-17(21)18-15-5-3-14(4-6-15)12-19-7-9-22-10-8-19/h3-6,13,16,20H,7-12H2,1-2H3,(H,18,21). The average molecular weight is 306 g/mol. The second-order valence-electron chi connectivity index (χ2n) is 6.15. The molecule has 1 aliphatic rings. The topological polar surface area (TPSA) is 61.8 Å². The van der Waals surface area contributed by atoms with E-state index < -0.39 is 6.10 Å². The molecule has 5 heteroatoms. The number of nitrogens with zero attached hydrogens (tertiary/aromatic N) is 1. The van der Waals surface area contributed by atoms with E-state index in [0.29, 0.717) is 0 Å². The fourth-order valence-corrected chi connectivity index (χ4v) is 2.35. The Balaban J connectivity index is 1.82. The molecule has 0 bridgehead atoms. The second kappa shape index (κ2) is 8.27. The van der Waals surface area contributed by atoms with Crippen molar-refractivity contribution in [1.29, 1.82) is 0 Å². The summed E-state index contributed by atoms with van der Waals surface area (Å²) in [5.41, 5.74) is 1.99. The first-order chi connectivity index (χ1) is 10.5. The van der Waals surface area contributed by atoms with E-state index in [1.807, 2.05) is 38.1 Å². The number of anilines is 1. The van der Waals surface area contributed by atoms with Crippen molar-refractivity contribution in [3.05, 3.63) is 29.8 Å². The van der Waals surface area contributed by atoms with E-state index in [0.717, 1.165) is 38.5 Å². The van der Waals surface area contributed by atoms with E-state index in [9.17, 15) is 9.90 Å². The van der Waals surface area contributed by atoms with Crippen LogP contribution in [0.15, 0.2) is 24.3 Å². The van der Waals surface area contributed by atoms with E-state index in [2.05, 4.69) is 10.2 Å². The van der Waals surface area contributed by atoms with Crippen molar-refractivity contribution in [2.24, 2.45) is 5.92 Å². The monoisotopic (exact) mass is 306 g/mol. The largest absolute Gasteiger partial charge is 0.392 e. The summed E-state index contributed by atoms with van der Waals surface area (Å²) >= 11 is 0. The zero-order valence-corrected chi connectivity index (χ0v) is 13.4. The molecule has 1 saturated heterocycles. The lowest BCUT2D eigenvalue weighted by atomic mass is 10.0. The molecule has 5 nitrogen and oxygen atoms in total. The third-order valence-electron chi connectivity index (χ3n) is 3.91. The maximum atomic E-state index is 11.8. The molecule has 1 unspecified atom stereocenters. The van der Waals surface area contributed by atoms with Gasteiger partial charge in [-0.1, -0.05) is 26.0 Å². The van der Waals surface area contributed by atoms with Crippen molar-refractivity contribution in [2.75, 3.05) is 31.6 Å². The maximum absolute atomic E-state index is 11.8. The zero-order valence-electron chi connectivity index (χ0n) is 13.4. The second-order valence-corrected chi connectivity index (χ2v) is 6.15. The van der Waals surface area contributed by atoms with Crippen LogP contribution in [0.25, 0.3) is 0 Å². The minimum Gasteiger partial charge on any atom is -0.392 e. The molecule has 2 rings (SSSR count). The lowest BCUT2D eigenvalue weighted by Crippen LogP contribution is -2.35. The van der Waals surface area contributed by atoms with Crippen LogP contribution in [0, 0.1) is 5.92 Å². The van der Waals surface area contributed by atoms with E-state index >= 15 is 0 Å². The Hall–Kier alpha value is -1.43. The van der Waals surface area contributed by atoms with Crippen molar-refractivity contribution >= 4 is 11.6 Å². The molecule has 22 heavy (non-hydrogen) atoms. The van der Waals surface area contributed by atoms with Gasteiger partial charge in [-0.05, 0) is 23.6 Å². The Bertz CT molecular complexity index is 467. The Morgan fingerprint density at radius 3 is 2.50 bits per heavy atom. The van der Waals surface area contributed by atoms with Gasteiger partial charge in [-0.15, -0.1) is 0 Å². The minimum absolute atomic E-state index is 0.0849. The van der Waals surface area contributed by atoms with E-state index in [1.54, 1.807) is 0 Å². The molecule has 0 spiro atoms. The number of benzene rings is 1. The zero-order chi connectivity index (χ0) is 15.9. The molecule has 1 fully saturated rings. The van der Waals surface area contributed by atoms with Crippen LogP contribution < -0.4 is 5.32 Å². The molecule has 1 aromatic carbocycles. The van der Waals surface area contributed by atoms with Gasteiger partial charge in [0, 0.05) is 25.3 Å². The fourth-order valence-electron chi connectivity index (χ4n) is 2.35. The number of nitrogens with one attached hydrogen (secondary N) is 1. The van der Waals surface area contributed by atoms with Gasteiger partial charge in [0.2, 0.25) is 5.91 Å². The molecular weight excluding hydrogens is 280 g/mol. The van der Waals surface area contributed by atoms with Gasteiger partial charge in [0.05, 0.1) is 25.7 Å². The molecule has 1 heterocycles. The van der Waals surface area contributed by atoms with Gasteiger partial charge in [0.15, 0.2) is 0 Å². The van der Waals surface area contributed by atoms with E-state index in [-0.39, 0.29) is 18.2 Å². The summed E-state index contributed by atoms with van der Waals surface area (Å²) in [7, 11) is 0. The van der Waals surface area contributed by atoms with Gasteiger partial charge >= 0.3 is 0 Å². The third kappa shape index (κ3) is 5.40. The third-order valence-corrected chi connectivity index (χ3v) is 3.91. The van der Waals surface area contributed by atoms with Crippen LogP contribution in [0.4, 0.5) is 5.69 Å². The highest BCUT2D eigenvalue weighted by molar-refractivity contribution is 5.91. The van der Waals surface area contributed by atoms with Gasteiger partial charge in [-0.25, -0.2) is 0 Å². The number of ether oxygens (including phenoxy) is 1. The predicted octanol–water partition coefficient (Wildman–Crippen LogP) is 1.86. The molecule has 1 amide bonds. The molecule has 0 aliphatic carbocycles. The molecule has 0 saturated carbocycles. The first-order valence-corrected chi connectivity index (χ1v) is 7.91. The number of carbonyl (C=O) groups excluding carboxylic acids is 1. The van der Waals surface area contributed by atoms with Crippen LogP contribution in [0.2, 0.25) is 0 Å². The molecule has 0 aromatic heterocycles. The number of amides is 1. The summed E-state index contributed by atoms with van der Waals surface area (Å²) in [6.45, 7) is 8.23. The molecule has 1 atom stereocenters. The highest BCUT2D eigenvalue weighted by Crippen LogP contribution is 2.14. The number of aliphatic hydroxyl groups excluding tert-OH is 1. The van der Waals surface area contributed by atoms with E-state index in [4.69, 9.17) is 4.74 Å². The lowest BCUT2D eigenvalue weighted by Gasteiger charge is -2.26. The molecule has 1 aromatic rings. The number of rotatable bonds is 6. The first-order valence-electron chi connectivity index (χ1n) is 7.91. The highest BCUT2D eigenvalue weighted by Gasteiger charge is 2.14. The summed E-state index contributed by atoms with van der Waals surface area (Å²) in [5, 5.41) is 12.6. The molecule has 0 radical (unpaired) electrons.